The summed E-state index contributed by atoms with van der Waals surface area (Å²) >= 11 is 5.56. The number of benzene rings is 1. The SMILES string of the molecule is Fc1c(F)c(F)c(NB(Br)Br)c(F)c1F. The highest BCUT2D eigenvalue weighted by atomic mass is 79.9. The van der Waals surface area contributed by atoms with Crippen LogP contribution >= 0.6 is 31.5 Å². The lowest BCUT2D eigenvalue weighted by Gasteiger charge is -2.09. The summed E-state index contributed by atoms with van der Waals surface area (Å²) in [5.41, 5.74) is -1.09. The van der Waals surface area contributed by atoms with Crippen molar-refractivity contribution >= 4 is 41.7 Å². The zero-order chi connectivity index (χ0) is 11.7. The van der Waals surface area contributed by atoms with Crippen LogP contribution in [0.4, 0.5) is 27.6 Å². The Morgan fingerprint density at radius 2 is 1.07 bits per heavy atom. The molecule has 1 aromatic carbocycles. The van der Waals surface area contributed by atoms with Crippen LogP contribution in [0.2, 0.25) is 0 Å². The van der Waals surface area contributed by atoms with Crippen molar-refractivity contribution in [1.29, 1.82) is 0 Å². The van der Waals surface area contributed by atoms with E-state index >= 15 is 0 Å². The fourth-order valence-corrected chi connectivity index (χ4v) is 1.30. The van der Waals surface area contributed by atoms with E-state index in [1.807, 2.05) is 5.23 Å². The first kappa shape index (κ1) is 12.8. The molecule has 0 radical (unpaired) electrons. The number of rotatable bonds is 2. The van der Waals surface area contributed by atoms with Crippen molar-refractivity contribution in [3.63, 3.8) is 0 Å². The molecule has 9 heteroatoms. The molecule has 0 spiro atoms. The average molecular weight is 353 g/mol. The van der Waals surface area contributed by atoms with Crippen LogP contribution < -0.4 is 5.23 Å². The van der Waals surface area contributed by atoms with E-state index in [2.05, 4.69) is 31.5 Å². The van der Waals surface area contributed by atoms with E-state index in [0.717, 1.165) is 0 Å². The standard InChI is InChI=1S/C6HBBr2F5N/c8-7(9)15-6-4(13)2(11)1(10)3(12)5(6)14/h15H. The second kappa shape index (κ2) is 4.69. The van der Waals surface area contributed by atoms with Gasteiger partial charge in [-0.25, -0.2) is 22.0 Å². The fraction of sp³-hybridized carbons (Fsp3) is 0. The molecular weight excluding hydrogens is 352 g/mol. The Balaban J connectivity index is 3.39. The molecule has 1 aromatic rings. The maximum Gasteiger partial charge on any atom is 0.408 e. The molecule has 0 amide bonds. The summed E-state index contributed by atoms with van der Waals surface area (Å²) < 4.78 is 62.9. The monoisotopic (exact) mass is 351 g/mol. The quantitative estimate of drug-likeness (QED) is 0.371. The molecule has 0 atom stereocenters. The van der Waals surface area contributed by atoms with Gasteiger partial charge in [0.25, 0.3) is 0 Å². The lowest BCUT2D eigenvalue weighted by molar-refractivity contribution is 0.382. The van der Waals surface area contributed by atoms with Gasteiger partial charge in [0.1, 0.15) is 5.69 Å². The van der Waals surface area contributed by atoms with Crippen molar-refractivity contribution in [3.8, 4) is 0 Å². The molecule has 0 aliphatic rings. The van der Waals surface area contributed by atoms with Crippen LogP contribution in [0.25, 0.3) is 0 Å². The van der Waals surface area contributed by atoms with Crippen molar-refractivity contribution < 1.29 is 22.0 Å². The zero-order valence-electron chi connectivity index (χ0n) is 6.72. The molecule has 0 aliphatic carbocycles. The average Bonchev–Trinajstić information content (AvgIpc) is 2.18. The second-order valence-corrected chi connectivity index (χ2v) is 5.45. The minimum Gasteiger partial charge on any atom is -0.404 e. The minimum atomic E-state index is -2.18. The summed E-state index contributed by atoms with van der Waals surface area (Å²) in [4.78, 5) is 0. The minimum absolute atomic E-state index is 0.821. The Bertz CT molecular complexity index is 371. The van der Waals surface area contributed by atoms with Crippen LogP contribution in [0.15, 0.2) is 0 Å². The van der Waals surface area contributed by atoms with Crippen LogP contribution in [-0.2, 0) is 0 Å². The smallest absolute Gasteiger partial charge is 0.404 e. The maximum absolute atomic E-state index is 12.9. The highest BCUT2D eigenvalue weighted by molar-refractivity contribution is 9.49. The van der Waals surface area contributed by atoms with Gasteiger partial charge in [0.15, 0.2) is 23.3 Å². The van der Waals surface area contributed by atoms with E-state index in [9.17, 15) is 22.0 Å². The van der Waals surface area contributed by atoms with E-state index in [0.29, 0.717) is 0 Å². The molecule has 1 rings (SSSR count). The van der Waals surface area contributed by atoms with Crippen LogP contribution in [-0.4, -0.2) is 4.50 Å². The molecule has 0 saturated heterocycles. The molecule has 15 heavy (non-hydrogen) atoms. The van der Waals surface area contributed by atoms with Gasteiger partial charge >= 0.3 is 4.50 Å². The fourth-order valence-electron chi connectivity index (χ4n) is 0.841. The number of anilines is 1. The van der Waals surface area contributed by atoms with E-state index < -0.39 is 39.3 Å². The van der Waals surface area contributed by atoms with Crippen molar-refractivity contribution in [2.24, 2.45) is 0 Å². The highest BCUT2D eigenvalue weighted by Gasteiger charge is 2.26. The summed E-state index contributed by atoms with van der Waals surface area (Å²) in [6.45, 7) is 0. The third kappa shape index (κ3) is 2.44. The molecule has 0 unspecified atom stereocenters. The Labute approximate surface area is 98.1 Å². The largest absolute Gasteiger partial charge is 0.408 e. The first-order valence-corrected chi connectivity index (χ1v) is 5.25. The van der Waals surface area contributed by atoms with Crippen LogP contribution in [0.1, 0.15) is 0 Å². The lowest BCUT2D eigenvalue weighted by Crippen LogP contribution is -2.15. The van der Waals surface area contributed by atoms with E-state index in [1.165, 1.54) is 0 Å². The lowest BCUT2D eigenvalue weighted by atomic mass is 10.2. The van der Waals surface area contributed by atoms with Crippen LogP contribution in [0, 0.1) is 29.1 Å². The van der Waals surface area contributed by atoms with Gasteiger partial charge in [0.05, 0.1) is 0 Å². The molecule has 0 heterocycles. The Morgan fingerprint density at radius 1 is 0.733 bits per heavy atom. The molecule has 0 aromatic heterocycles. The van der Waals surface area contributed by atoms with Crippen LogP contribution in [0.5, 0.6) is 0 Å². The molecule has 0 bridgehead atoms. The Kier molecular flexibility index (Phi) is 3.99. The predicted octanol–water partition coefficient (Wildman–Crippen LogP) is 3.57. The first-order valence-electron chi connectivity index (χ1n) is 3.42. The molecule has 1 nitrogen and oxygen atoms in total. The van der Waals surface area contributed by atoms with Gasteiger partial charge in [0.2, 0.25) is 5.82 Å². The number of halogens is 7. The summed E-state index contributed by atoms with van der Waals surface area (Å²) in [5.74, 6) is -9.98. The molecule has 0 fully saturated rings. The van der Waals surface area contributed by atoms with Crippen molar-refractivity contribution in [3.05, 3.63) is 29.1 Å². The van der Waals surface area contributed by atoms with Gasteiger partial charge in [-0.1, -0.05) is 0 Å². The van der Waals surface area contributed by atoms with Gasteiger partial charge in [-0.2, -0.15) is 0 Å². The first-order chi connectivity index (χ1) is 6.86. The zero-order valence-corrected chi connectivity index (χ0v) is 9.90. The number of hydrogen-bond acceptors (Lipinski definition) is 1. The topological polar surface area (TPSA) is 12.0 Å². The van der Waals surface area contributed by atoms with Crippen molar-refractivity contribution in [2.75, 3.05) is 5.23 Å². The van der Waals surface area contributed by atoms with Gasteiger partial charge in [0, 0.05) is 0 Å². The molecular formula is C6HBBr2F5N. The summed E-state index contributed by atoms with van der Waals surface area (Å²) in [7, 11) is 0. The van der Waals surface area contributed by atoms with E-state index in [1.54, 1.807) is 0 Å². The van der Waals surface area contributed by atoms with Crippen molar-refractivity contribution in [1.82, 2.24) is 0 Å². The van der Waals surface area contributed by atoms with E-state index in [-0.39, 0.29) is 0 Å². The normalized spacial score (nSPS) is 10.3. The highest BCUT2D eigenvalue weighted by Crippen LogP contribution is 2.28. The predicted molar refractivity (Wildman–Crippen MR) is 53.5 cm³/mol. The molecule has 0 aliphatic heterocycles. The maximum atomic E-state index is 12.9. The summed E-state index contributed by atoms with van der Waals surface area (Å²) in [5, 5.41) is 1.99. The molecule has 0 saturated carbocycles. The Morgan fingerprint density at radius 3 is 1.40 bits per heavy atom. The van der Waals surface area contributed by atoms with Gasteiger partial charge in [-0.3, -0.25) is 0 Å². The number of hydrogen-bond donors (Lipinski definition) is 1. The molecule has 1 N–H and O–H groups in total. The van der Waals surface area contributed by atoms with Crippen molar-refractivity contribution in [2.45, 2.75) is 0 Å². The summed E-state index contributed by atoms with van der Waals surface area (Å²) in [6, 6.07) is 0. The van der Waals surface area contributed by atoms with Gasteiger partial charge in [-0.05, 0) is 0 Å². The summed E-state index contributed by atoms with van der Waals surface area (Å²) in [6.07, 6.45) is 0. The third-order valence-electron chi connectivity index (χ3n) is 1.46. The number of nitrogens with one attached hydrogen (secondary N) is 1. The van der Waals surface area contributed by atoms with Crippen LogP contribution in [0.3, 0.4) is 0 Å². The Hall–Kier alpha value is -0.305. The third-order valence-corrected chi connectivity index (χ3v) is 1.92. The van der Waals surface area contributed by atoms with Gasteiger partial charge in [-0.15, -0.1) is 31.5 Å². The van der Waals surface area contributed by atoms with E-state index in [4.69, 9.17) is 0 Å². The second-order valence-electron chi connectivity index (χ2n) is 2.39. The van der Waals surface area contributed by atoms with Gasteiger partial charge < -0.3 is 5.23 Å². The molecule has 82 valence electrons.